The van der Waals surface area contributed by atoms with E-state index in [9.17, 15) is 4.79 Å². The Morgan fingerprint density at radius 2 is 2.04 bits per heavy atom. The minimum atomic E-state index is -0.00908. The zero-order chi connectivity index (χ0) is 17.3. The van der Waals surface area contributed by atoms with Gasteiger partial charge < -0.3 is 14.4 Å². The summed E-state index contributed by atoms with van der Waals surface area (Å²) in [6.07, 6.45) is 2.89. The Labute approximate surface area is 144 Å². The van der Waals surface area contributed by atoms with E-state index in [4.69, 9.17) is 9.47 Å². The van der Waals surface area contributed by atoms with Gasteiger partial charge in [0.05, 0.1) is 17.9 Å². The number of methoxy groups -OCH3 is 1. The SMILES string of the molecule is CCn1nc(C(=O)N2CCC(COC)CC2)c2c1[C@H](C)O[C@H](C)C2. The van der Waals surface area contributed by atoms with Gasteiger partial charge in [-0.25, -0.2) is 0 Å². The van der Waals surface area contributed by atoms with Crippen LogP contribution in [0.2, 0.25) is 0 Å². The average molecular weight is 335 g/mol. The van der Waals surface area contributed by atoms with Crippen LogP contribution in [0.25, 0.3) is 0 Å². The minimum absolute atomic E-state index is 0.00908. The molecule has 0 unspecified atom stereocenters. The van der Waals surface area contributed by atoms with E-state index in [-0.39, 0.29) is 18.1 Å². The maximum absolute atomic E-state index is 13.1. The molecule has 24 heavy (non-hydrogen) atoms. The molecule has 6 heteroatoms. The Kier molecular flexibility index (Phi) is 5.25. The zero-order valence-electron chi connectivity index (χ0n) is 15.2. The van der Waals surface area contributed by atoms with Crippen molar-refractivity contribution in [1.82, 2.24) is 14.7 Å². The lowest BCUT2D eigenvalue weighted by Crippen LogP contribution is -2.40. The molecule has 0 bridgehead atoms. The van der Waals surface area contributed by atoms with E-state index in [1.165, 1.54) is 0 Å². The van der Waals surface area contributed by atoms with Gasteiger partial charge >= 0.3 is 0 Å². The molecule has 3 heterocycles. The number of fused-ring (bicyclic) bond motifs is 1. The van der Waals surface area contributed by atoms with Gasteiger partial charge in [0.25, 0.3) is 5.91 Å². The normalized spacial score (nSPS) is 24.9. The smallest absolute Gasteiger partial charge is 0.274 e. The number of hydrogen-bond donors (Lipinski definition) is 0. The number of carbonyl (C=O) groups excluding carboxylic acids is 1. The molecule has 0 N–H and O–H groups in total. The van der Waals surface area contributed by atoms with Crippen LogP contribution in [0.4, 0.5) is 0 Å². The van der Waals surface area contributed by atoms with Gasteiger partial charge in [-0.15, -0.1) is 0 Å². The predicted octanol–water partition coefficient (Wildman–Crippen LogP) is 2.42. The van der Waals surface area contributed by atoms with Gasteiger partial charge in [0.2, 0.25) is 0 Å². The van der Waals surface area contributed by atoms with Gasteiger partial charge in [-0.05, 0) is 39.5 Å². The molecule has 1 aromatic heterocycles. The van der Waals surface area contributed by atoms with E-state index in [0.717, 1.165) is 56.8 Å². The number of nitrogens with zero attached hydrogens (tertiary/aromatic N) is 3. The number of ether oxygens (including phenoxy) is 2. The number of amides is 1. The van der Waals surface area contributed by atoms with Gasteiger partial charge in [-0.2, -0.15) is 5.10 Å². The molecule has 0 spiro atoms. The van der Waals surface area contributed by atoms with E-state index >= 15 is 0 Å². The molecule has 1 aromatic rings. The standard InChI is InChI=1S/C18H29N3O3/c1-5-21-17-13(3)24-12(2)10-15(17)16(19-21)18(22)20-8-6-14(7-9-20)11-23-4/h12-14H,5-11H2,1-4H3/t12-,13+/m1/s1. The topological polar surface area (TPSA) is 56.6 Å². The molecule has 0 aliphatic carbocycles. The van der Waals surface area contributed by atoms with Crippen molar-refractivity contribution in [2.45, 2.75) is 58.8 Å². The van der Waals surface area contributed by atoms with Crippen molar-refractivity contribution in [3.05, 3.63) is 17.0 Å². The second-order valence-electron chi connectivity index (χ2n) is 7.01. The maximum Gasteiger partial charge on any atom is 0.274 e. The number of aryl methyl sites for hydroxylation is 1. The molecule has 1 fully saturated rings. The van der Waals surface area contributed by atoms with Gasteiger partial charge in [0.1, 0.15) is 0 Å². The van der Waals surface area contributed by atoms with Crippen molar-refractivity contribution < 1.29 is 14.3 Å². The summed E-state index contributed by atoms with van der Waals surface area (Å²) in [4.78, 5) is 15.0. The van der Waals surface area contributed by atoms with Crippen LogP contribution in [0, 0.1) is 5.92 Å². The van der Waals surface area contributed by atoms with Crippen LogP contribution in [-0.4, -0.2) is 53.5 Å². The summed E-state index contributed by atoms with van der Waals surface area (Å²) in [5.74, 6) is 0.644. The van der Waals surface area contributed by atoms with Crippen molar-refractivity contribution in [2.75, 3.05) is 26.8 Å². The van der Waals surface area contributed by atoms with Crippen LogP contribution in [0.5, 0.6) is 0 Å². The van der Waals surface area contributed by atoms with Gasteiger partial charge in [0.15, 0.2) is 5.69 Å². The van der Waals surface area contributed by atoms with Crippen LogP contribution >= 0.6 is 0 Å². The number of hydrogen-bond acceptors (Lipinski definition) is 4. The maximum atomic E-state index is 13.1. The van der Waals surface area contributed by atoms with Crippen molar-refractivity contribution >= 4 is 5.91 Å². The summed E-state index contributed by atoms with van der Waals surface area (Å²) >= 11 is 0. The fraction of sp³-hybridized carbons (Fsp3) is 0.778. The van der Waals surface area contributed by atoms with Crippen LogP contribution < -0.4 is 0 Å². The van der Waals surface area contributed by atoms with E-state index in [1.807, 2.05) is 16.5 Å². The highest BCUT2D eigenvalue weighted by atomic mass is 16.5. The number of likely N-dealkylation sites (tertiary alicyclic amines) is 1. The summed E-state index contributed by atoms with van der Waals surface area (Å²) in [5, 5.41) is 4.65. The Morgan fingerprint density at radius 1 is 1.33 bits per heavy atom. The molecule has 2 atom stereocenters. The highest BCUT2D eigenvalue weighted by molar-refractivity contribution is 5.94. The Balaban J connectivity index is 1.81. The van der Waals surface area contributed by atoms with Crippen molar-refractivity contribution in [3.63, 3.8) is 0 Å². The van der Waals surface area contributed by atoms with Crippen molar-refractivity contribution in [3.8, 4) is 0 Å². The second-order valence-corrected chi connectivity index (χ2v) is 7.01. The molecule has 2 aliphatic heterocycles. The first-order valence-corrected chi connectivity index (χ1v) is 9.08. The number of aromatic nitrogens is 2. The summed E-state index contributed by atoms with van der Waals surface area (Å²) < 4.78 is 13.1. The molecule has 6 nitrogen and oxygen atoms in total. The first-order valence-electron chi connectivity index (χ1n) is 9.08. The van der Waals surface area contributed by atoms with Crippen LogP contribution in [0.3, 0.4) is 0 Å². The number of carbonyl (C=O) groups is 1. The number of piperidine rings is 1. The fourth-order valence-corrected chi connectivity index (χ4v) is 4.02. The van der Waals surface area contributed by atoms with Gasteiger partial charge in [-0.3, -0.25) is 9.48 Å². The van der Waals surface area contributed by atoms with E-state index < -0.39 is 0 Å². The minimum Gasteiger partial charge on any atom is -0.384 e. The first kappa shape index (κ1) is 17.4. The van der Waals surface area contributed by atoms with Crippen LogP contribution in [0.1, 0.15) is 61.5 Å². The first-order chi connectivity index (χ1) is 11.5. The summed E-state index contributed by atoms with van der Waals surface area (Å²) in [6.45, 7) is 9.30. The zero-order valence-corrected chi connectivity index (χ0v) is 15.2. The largest absolute Gasteiger partial charge is 0.384 e. The average Bonchev–Trinajstić information content (AvgIpc) is 2.94. The Hall–Kier alpha value is -1.40. The molecule has 0 aromatic carbocycles. The lowest BCUT2D eigenvalue weighted by molar-refractivity contribution is -0.00953. The molecule has 3 rings (SSSR count). The summed E-state index contributed by atoms with van der Waals surface area (Å²) in [7, 11) is 1.74. The third kappa shape index (κ3) is 3.22. The van der Waals surface area contributed by atoms with Crippen LogP contribution in [0.15, 0.2) is 0 Å². The van der Waals surface area contributed by atoms with Crippen molar-refractivity contribution in [1.29, 1.82) is 0 Å². The second kappa shape index (κ2) is 7.23. The van der Waals surface area contributed by atoms with Crippen molar-refractivity contribution in [2.24, 2.45) is 5.92 Å². The monoisotopic (exact) mass is 335 g/mol. The molecule has 134 valence electrons. The predicted molar refractivity (Wildman–Crippen MR) is 91.1 cm³/mol. The van der Waals surface area contributed by atoms with E-state index in [1.54, 1.807) is 7.11 Å². The Morgan fingerprint density at radius 3 is 2.67 bits per heavy atom. The molecule has 1 saturated heterocycles. The molecule has 0 radical (unpaired) electrons. The fourth-order valence-electron chi connectivity index (χ4n) is 4.02. The van der Waals surface area contributed by atoms with E-state index in [0.29, 0.717) is 11.6 Å². The number of rotatable bonds is 4. The third-order valence-electron chi connectivity index (χ3n) is 5.21. The third-order valence-corrected chi connectivity index (χ3v) is 5.21. The quantitative estimate of drug-likeness (QED) is 0.848. The molecule has 2 aliphatic rings. The van der Waals surface area contributed by atoms with E-state index in [2.05, 4.69) is 18.9 Å². The molecular formula is C18H29N3O3. The molecular weight excluding hydrogens is 306 g/mol. The lowest BCUT2D eigenvalue weighted by atomic mass is 9.96. The highest BCUT2D eigenvalue weighted by Gasteiger charge is 2.34. The summed E-state index contributed by atoms with van der Waals surface area (Å²) in [6, 6.07) is 0. The Bertz CT molecular complexity index is 591. The molecule has 1 amide bonds. The summed E-state index contributed by atoms with van der Waals surface area (Å²) in [5.41, 5.74) is 2.80. The molecule has 0 saturated carbocycles. The van der Waals surface area contributed by atoms with Gasteiger partial charge in [0, 0.05) is 45.3 Å². The van der Waals surface area contributed by atoms with Gasteiger partial charge in [-0.1, -0.05) is 0 Å². The van der Waals surface area contributed by atoms with Crippen LogP contribution in [-0.2, 0) is 22.4 Å². The lowest BCUT2D eigenvalue weighted by Gasteiger charge is -2.32. The highest BCUT2D eigenvalue weighted by Crippen LogP contribution is 2.33.